The van der Waals surface area contributed by atoms with Gasteiger partial charge in [0, 0.05) is 18.2 Å². The molecule has 140 valence electrons. The molecule has 2 aliphatic carbocycles. The predicted molar refractivity (Wildman–Crippen MR) is 93.1 cm³/mol. The topological polar surface area (TPSA) is 104 Å². The lowest BCUT2D eigenvalue weighted by Gasteiger charge is -2.24. The molecule has 1 aromatic rings. The van der Waals surface area contributed by atoms with Gasteiger partial charge in [-0.2, -0.15) is 0 Å². The van der Waals surface area contributed by atoms with Crippen molar-refractivity contribution in [1.29, 1.82) is 0 Å². The number of hydrogen-bond donors (Lipinski definition) is 2. The van der Waals surface area contributed by atoms with Crippen molar-refractivity contribution in [3.63, 3.8) is 0 Å². The molecule has 1 heterocycles. The molecule has 0 bridgehead atoms. The summed E-state index contributed by atoms with van der Waals surface area (Å²) in [5.74, 6) is -1.16. The van der Waals surface area contributed by atoms with E-state index in [0.29, 0.717) is 6.54 Å². The zero-order valence-electron chi connectivity index (χ0n) is 14.3. The molecule has 1 saturated heterocycles. The molecule has 0 spiro atoms. The van der Waals surface area contributed by atoms with Gasteiger partial charge < -0.3 is 10.0 Å². The number of fused-ring (bicyclic) bond motifs is 1. The molecule has 1 aliphatic heterocycles. The van der Waals surface area contributed by atoms with E-state index in [1.54, 1.807) is 6.07 Å². The highest BCUT2D eigenvalue weighted by atomic mass is 32.2. The van der Waals surface area contributed by atoms with Gasteiger partial charge in [-0.1, -0.05) is 12.5 Å². The van der Waals surface area contributed by atoms with E-state index in [0.717, 1.165) is 32.1 Å². The Morgan fingerprint density at radius 3 is 2.62 bits per heavy atom. The second kappa shape index (κ2) is 6.35. The number of benzene rings is 1. The van der Waals surface area contributed by atoms with Crippen molar-refractivity contribution in [3.05, 3.63) is 29.8 Å². The van der Waals surface area contributed by atoms with E-state index in [1.165, 1.54) is 23.1 Å². The third-order valence-corrected chi connectivity index (χ3v) is 7.21. The molecule has 7 nitrogen and oxygen atoms in total. The van der Waals surface area contributed by atoms with E-state index >= 15 is 0 Å². The molecule has 2 N–H and O–H groups in total. The Bertz CT molecular complexity index is 849. The maximum absolute atomic E-state index is 13.0. The van der Waals surface area contributed by atoms with E-state index in [-0.39, 0.29) is 28.3 Å². The summed E-state index contributed by atoms with van der Waals surface area (Å²) in [6, 6.07) is 5.04. The largest absolute Gasteiger partial charge is 0.480 e. The number of amides is 1. The second-order valence-corrected chi connectivity index (χ2v) is 9.23. The smallest absolute Gasteiger partial charge is 0.326 e. The molecule has 3 aliphatic rings. The molecule has 3 atom stereocenters. The van der Waals surface area contributed by atoms with Crippen molar-refractivity contribution in [2.75, 3.05) is 6.54 Å². The van der Waals surface area contributed by atoms with Crippen LogP contribution in [0.15, 0.2) is 29.2 Å². The van der Waals surface area contributed by atoms with Gasteiger partial charge in [-0.25, -0.2) is 17.9 Å². The number of carboxylic acid groups (broad SMARTS) is 1. The SMILES string of the molecule is O=C(O)C1C2CCCC2CN1C(=O)c1cccc(S(=O)(=O)NC2CC2)c1. The quantitative estimate of drug-likeness (QED) is 0.807. The summed E-state index contributed by atoms with van der Waals surface area (Å²) in [6.07, 6.45) is 4.42. The highest BCUT2D eigenvalue weighted by Crippen LogP contribution is 2.42. The minimum Gasteiger partial charge on any atom is -0.480 e. The fourth-order valence-electron chi connectivity index (χ4n) is 4.28. The van der Waals surface area contributed by atoms with Crippen LogP contribution in [0.1, 0.15) is 42.5 Å². The number of carbonyl (C=O) groups excluding carboxylic acids is 1. The van der Waals surface area contributed by atoms with Crippen LogP contribution in [0.2, 0.25) is 0 Å². The van der Waals surface area contributed by atoms with Gasteiger partial charge in [-0.05, 0) is 55.7 Å². The summed E-state index contributed by atoms with van der Waals surface area (Å²) in [5, 5.41) is 9.62. The number of carboxylic acids is 1. The normalized spacial score (nSPS) is 28.2. The molecular formula is C18H22N2O5S. The highest BCUT2D eigenvalue weighted by molar-refractivity contribution is 7.89. The maximum Gasteiger partial charge on any atom is 0.326 e. The minimum atomic E-state index is -3.66. The zero-order chi connectivity index (χ0) is 18.5. The third-order valence-electron chi connectivity index (χ3n) is 5.69. The van der Waals surface area contributed by atoms with Gasteiger partial charge in [0.25, 0.3) is 5.91 Å². The molecular weight excluding hydrogens is 356 g/mol. The number of sulfonamides is 1. The van der Waals surface area contributed by atoms with Crippen LogP contribution in [0.4, 0.5) is 0 Å². The van der Waals surface area contributed by atoms with Crippen molar-refractivity contribution < 1.29 is 23.1 Å². The lowest BCUT2D eigenvalue weighted by molar-refractivity contribution is -0.142. The first-order valence-electron chi connectivity index (χ1n) is 9.03. The monoisotopic (exact) mass is 378 g/mol. The van der Waals surface area contributed by atoms with E-state index < -0.39 is 27.9 Å². The van der Waals surface area contributed by atoms with Crippen molar-refractivity contribution in [2.24, 2.45) is 11.8 Å². The summed E-state index contributed by atoms with van der Waals surface area (Å²) in [6.45, 7) is 0.428. The predicted octanol–water partition coefficient (Wildman–Crippen LogP) is 1.45. The molecule has 0 radical (unpaired) electrons. The highest BCUT2D eigenvalue weighted by Gasteiger charge is 2.49. The lowest BCUT2D eigenvalue weighted by atomic mass is 9.94. The molecule has 1 aromatic carbocycles. The number of nitrogens with one attached hydrogen (secondary N) is 1. The number of hydrogen-bond acceptors (Lipinski definition) is 4. The first-order chi connectivity index (χ1) is 12.4. The molecule has 1 amide bonds. The molecule has 26 heavy (non-hydrogen) atoms. The number of aliphatic carboxylic acids is 1. The third kappa shape index (κ3) is 3.12. The molecule has 4 rings (SSSR count). The van der Waals surface area contributed by atoms with Gasteiger partial charge in [0.2, 0.25) is 10.0 Å². The summed E-state index contributed by atoms with van der Waals surface area (Å²) < 4.78 is 27.4. The molecule has 3 unspecified atom stereocenters. The molecule has 0 aromatic heterocycles. The Morgan fingerprint density at radius 1 is 1.15 bits per heavy atom. The first-order valence-corrected chi connectivity index (χ1v) is 10.5. The van der Waals surface area contributed by atoms with Gasteiger partial charge in [-0.15, -0.1) is 0 Å². The summed E-state index contributed by atoms with van der Waals surface area (Å²) >= 11 is 0. The van der Waals surface area contributed by atoms with E-state index in [9.17, 15) is 23.1 Å². The average Bonchev–Trinajstić information content (AvgIpc) is 3.15. The number of rotatable bonds is 5. The van der Waals surface area contributed by atoms with Crippen LogP contribution >= 0.6 is 0 Å². The molecule has 8 heteroatoms. The Balaban J connectivity index is 1.60. The van der Waals surface area contributed by atoms with Crippen LogP contribution in [0, 0.1) is 11.8 Å². The van der Waals surface area contributed by atoms with Crippen molar-refractivity contribution in [1.82, 2.24) is 9.62 Å². The van der Waals surface area contributed by atoms with Crippen LogP contribution in [-0.2, 0) is 14.8 Å². The van der Waals surface area contributed by atoms with Crippen LogP contribution in [-0.4, -0.2) is 48.9 Å². The Morgan fingerprint density at radius 2 is 1.92 bits per heavy atom. The van der Waals surface area contributed by atoms with Crippen LogP contribution in [0.3, 0.4) is 0 Å². The average molecular weight is 378 g/mol. The summed E-state index contributed by atoms with van der Waals surface area (Å²) in [7, 11) is -3.66. The van der Waals surface area contributed by atoms with Crippen molar-refractivity contribution >= 4 is 21.9 Å². The van der Waals surface area contributed by atoms with Crippen molar-refractivity contribution in [2.45, 2.75) is 49.1 Å². The number of nitrogens with zero attached hydrogens (tertiary/aromatic N) is 1. The number of carbonyl (C=O) groups is 2. The standard InChI is InChI=1S/C18H22N2O5S/c21-17(20-10-12-4-2-6-15(12)16(20)18(22)23)11-3-1-5-14(9-11)26(24,25)19-13-7-8-13/h1,3,5,9,12-13,15-16,19H,2,4,6-8,10H2,(H,22,23). The van der Waals surface area contributed by atoms with Crippen LogP contribution in [0.5, 0.6) is 0 Å². The van der Waals surface area contributed by atoms with Gasteiger partial charge in [0.15, 0.2) is 0 Å². The summed E-state index contributed by atoms with van der Waals surface area (Å²) in [5.41, 5.74) is 0.217. The van der Waals surface area contributed by atoms with Crippen LogP contribution in [0.25, 0.3) is 0 Å². The fourth-order valence-corrected chi connectivity index (χ4v) is 5.63. The van der Waals surface area contributed by atoms with E-state index in [2.05, 4.69) is 4.72 Å². The number of likely N-dealkylation sites (tertiary alicyclic amines) is 1. The van der Waals surface area contributed by atoms with Gasteiger partial charge in [-0.3, -0.25) is 4.79 Å². The maximum atomic E-state index is 13.0. The van der Waals surface area contributed by atoms with Gasteiger partial charge in [0.1, 0.15) is 6.04 Å². The fraction of sp³-hybridized carbons (Fsp3) is 0.556. The van der Waals surface area contributed by atoms with E-state index in [1.807, 2.05) is 0 Å². The Labute approximate surface area is 152 Å². The molecule has 3 fully saturated rings. The second-order valence-electron chi connectivity index (χ2n) is 7.52. The minimum absolute atomic E-state index is 0.0000939. The zero-order valence-corrected chi connectivity index (χ0v) is 15.1. The van der Waals surface area contributed by atoms with E-state index in [4.69, 9.17) is 0 Å². The van der Waals surface area contributed by atoms with Gasteiger partial charge >= 0.3 is 5.97 Å². The Hall–Kier alpha value is -1.93. The lowest BCUT2D eigenvalue weighted by Crippen LogP contribution is -2.43. The van der Waals surface area contributed by atoms with Crippen LogP contribution < -0.4 is 4.72 Å². The van der Waals surface area contributed by atoms with Gasteiger partial charge in [0.05, 0.1) is 4.90 Å². The molecule has 2 saturated carbocycles. The summed E-state index contributed by atoms with van der Waals surface area (Å²) in [4.78, 5) is 26.2. The van der Waals surface area contributed by atoms with Crippen molar-refractivity contribution in [3.8, 4) is 0 Å². The first kappa shape index (κ1) is 17.5. The Kier molecular flexibility index (Phi) is 4.27.